The lowest BCUT2D eigenvalue weighted by atomic mass is 9.58. The fourth-order valence-corrected chi connectivity index (χ4v) is 4.63. The quantitative estimate of drug-likeness (QED) is 0.819. The summed E-state index contributed by atoms with van der Waals surface area (Å²) in [5.74, 6) is 0.951. The number of nitrogens with two attached hydrogens (primary N) is 1. The van der Waals surface area contributed by atoms with Gasteiger partial charge in [-0.25, -0.2) is 4.98 Å². The number of aliphatic hydroxyl groups is 1. The number of imidazole rings is 1. The molecule has 2 aliphatic rings. The summed E-state index contributed by atoms with van der Waals surface area (Å²) in [7, 11) is 0. The molecule has 0 bridgehead atoms. The molecule has 3 N–H and O–H groups in total. The summed E-state index contributed by atoms with van der Waals surface area (Å²) >= 11 is 0. The first kappa shape index (κ1) is 18.4. The summed E-state index contributed by atoms with van der Waals surface area (Å²) in [4.78, 5) is 19.3. The maximum absolute atomic E-state index is 12.9. The molecule has 7 heteroatoms. The zero-order valence-corrected chi connectivity index (χ0v) is 15.8. The van der Waals surface area contributed by atoms with Gasteiger partial charge < -0.3 is 25.0 Å². The minimum atomic E-state index is -0.336. The lowest BCUT2D eigenvalue weighted by molar-refractivity contribution is -0.210. The van der Waals surface area contributed by atoms with Crippen LogP contribution in [0.25, 0.3) is 11.0 Å². The molecule has 0 unspecified atom stereocenters. The summed E-state index contributed by atoms with van der Waals surface area (Å²) in [5, 5.41) is 10.4. The fourth-order valence-electron chi connectivity index (χ4n) is 4.63. The molecule has 2 aromatic rings. The van der Waals surface area contributed by atoms with Crippen molar-refractivity contribution in [1.29, 1.82) is 0 Å². The second kappa shape index (κ2) is 7.22. The van der Waals surface area contributed by atoms with Gasteiger partial charge in [0.1, 0.15) is 12.4 Å². The van der Waals surface area contributed by atoms with Crippen molar-refractivity contribution < 1.29 is 14.6 Å². The van der Waals surface area contributed by atoms with Gasteiger partial charge in [-0.05, 0) is 31.9 Å². The molecule has 0 radical (unpaired) electrons. The van der Waals surface area contributed by atoms with Gasteiger partial charge >= 0.3 is 0 Å². The molecule has 2 heterocycles. The van der Waals surface area contributed by atoms with Crippen molar-refractivity contribution in [2.24, 2.45) is 11.1 Å². The Kier molecular flexibility index (Phi) is 4.92. The highest BCUT2D eigenvalue weighted by Crippen LogP contribution is 2.50. The van der Waals surface area contributed by atoms with Crippen LogP contribution < -0.4 is 5.73 Å². The van der Waals surface area contributed by atoms with E-state index in [1.807, 2.05) is 40.7 Å². The molecular weight excluding hydrogens is 344 g/mol. The lowest BCUT2D eigenvalue weighted by Crippen LogP contribution is -2.63. The van der Waals surface area contributed by atoms with Gasteiger partial charge in [-0.2, -0.15) is 0 Å². The van der Waals surface area contributed by atoms with Crippen LogP contribution in [0.1, 0.15) is 25.1 Å². The number of para-hydroxylation sites is 2. The van der Waals surface area contributed by atoms with Gasteiger partial charge in [0.15, 0.2) is 0 Å². The van der Waals surface area contributed by atoms with Gasteiger partial charge in [-0.1, -0.05) is 12.1 Å². The number of ether oxygens (including phenoxy) is 1. The third-order valence-electron chi connectivity index (χ3n) is 6.36. The van der Waals surface area contributed by atoms with Gasteiger partial charge in [-0.3, -0.25) is 4.79 Å². The number of hydrogen-bond donors (Lipinski definition) is 2. The predicted molar refractivity (Wildman–Crippen MR) is 102 cm³/mol. The van der Waals surface area contributed by atoms with E-state index in [0.29, 0.717) is 39.2 Å². The topological polar surface area (TPSA) is 93.6 Å². The van der Waals surface area contributed by atoms with E-state index >= 15 is 0 Å². The molecule has 1 saturated heterocycles. The van der Waals surface area contributed by atoms with Crippen molar-refractivity contribution in [3.05, 3.63) is 30.1 Å². The highest BCUT2D eigenvalue weighted by molar-refractivity contribution is 5.81. The van der Waals surface area contributed by atoms with Crippen molar-refractivity contribution in [1.82, 2.24) is 14.5 Å². The van der Waals surface area contributed by atoms with Crippen LogP contribution in [0.2, 0.25) is 0 Å². The molecule has 1 aromatic heterocycles. The molecule has 2 atom stereocenters. The second-order valence-electron chi connectivity index (χ2n) is 7.75. The monoisotopic (exact) mass is 372 g/mol. The van der Waals surface area contributed by atoms with E-state index < -0.39 is 0 Å². The Bertz CT molecular complexity index is 826. The largest absolute Gasteiger partial charge is 0.392 e. The third-order valence-corrected chi connectivity index (χ3v) is 6.36. The Balaban J connectivity index is 1.41. The summed E-state index contributed by atoms with van der Waals surface area (Å²) in [5.41, 5.74) is 7.24. The van der Waals surface area contributed by atoms with E-state index in [1.54, 1.807) is 0 Å². The SMILES string of the molecule is Cc1nc2ccccc2n1CC(=O)N1CCC2(CC1)[C@@H](O)C[C@H]2OCCN. The molecule has 1 aliphatic carbocycles. The van der Waals surface area contributed by atoms with E-state index in [2.05, 4.69) is 4.98 Å². The number of hydrogen-bond acceptors (Lipinski definition) is 5. The van der Waals surface area contributed by atoms with Gasteiger partial charge in [0.2, 0.25) is 5.91 Å². The predicted octanol–water partition coefficient (Wildman–Crippen LogP) is 1.06. The smallest absolute Gasteiger partial charge is 0.242 e. The van der Waals surface area contributed by atoms with Crippen LogP contribution >= 0.6 is 0 Å². The summed E-state index contributed by atoms with van der Waals surface area (Å²) in [6.45, 7) is 4.56. The van der Waals surface area contributed by atoms with Gasteiger partial charge in [0.05, 0.1) is 29.8 Å². The number of likely N-dealkylation sites (tertiary alicyclic amines) is 1. The Labute approximate surface area is 159 Å². The number of aryl methyl sites for hydroxylation is 1. The molecule has 7 nitrogen and oxygen atoms in total. The molecule has 1 saturated carbocycles. The maximum Gasteiger partial charge on any atom is 0.242 e. The number of benzene rings is 1. The Morgan fingerprint density at radius 3 is 2.81 bits per heavy atom. The van der Waals surface area contributed by atoms with Gasteiger partial charge in [0.25, 0.3) is 0 Å². The number of carbonyl (C=O) groups excluding carboxylic acids is 1. The van der Waals surface area contributed by atoms with E-state index in [4.69, 9.17) is 10.5 Å². The lowest BCUT2D eigenvalue weighted by Gasteiger charge is -2.56. The Morgan fingerprint density at radius 1 is 1.37 bits per heavy atom. The number of aliphatic hydroxyl groups excluding tert-OH is 1. The minimum Gasteiger partial charge on any atom is -0.392 e. The first-order chi connectivity index (χ1) is 13.0. The molecule has 27 heavy (non-hydrogen) atoms. The highest BCUT2D eigenvalue weighted by atomic mass is 16.5. The number of carbonyl (C=O) groups is 1. The molecular formula is C20H28N4O3. The number of nitrogens with zero attached hydrogens (tertiary/aromatic N) is 3. The average Bonchev–Trinajstić information content (AvgIpc) is 3.00. The van der Waals surface area contributed by atoms with Crippen molar-refractivity contribution in [3.8, 4) is 0 Å². The van der Waals surface area contributed by atoms with Crippen LogP contribution in [0.3, 0.4) is 0 Å². The highest BCUT2D eigenvalue weighted by Gasteiger charge is 2.56. The molecule has 4 rings (SSSR count). The molecule has 146 valence electrons. The van der Waals surface area contributed by atoms with Crippen LogP contribution in [-0.2, 0) is 16.1 Å². The Morgan fingerprint density at radius 2 is 2.11 bits per heavy atom. The number of rotatable bonds is 5. The summed E-state index contributed by atoms with van der Waals surface area (Å²) in [6.07, 6.45) is 1.96. The molecule has 2 fully saturated rings. The van der Waals surface area contributed by atoms with E-state index in [-0.39, 0.29) is 23.5 Å². The number of fused-ring (bicyclic) bond motifs is 1. The van der Waals surface area contributed by atoms with Gasteiger partial charge in [-0.15, -0.1) is 0 Å². The molecule has 1 aromatic carbocycles. The van der Waals surface area contributed by atoms with Crippen LogP contribution in [0.5, 0.6) is 0 Å². The number of piperidine rings is 1. The van der Waals surface area contributed by atoms with E-state index in [9.17, 15) is 9.90 Å². The van der Waals surface area contributed by atoms with Crippen molar-refractivity contribution >= 4 is 16.9 Å². The molecule has 1 amide bonds. The fraction of sp³-hybridized carbons (Fsp3) is 0.600. The maximum atomic E-state index is 12.9. The number of amides is 1. The molecule has 1 spiro atoms. The second-order valence-corrected chi connectivity index (χ2v) is 7.75. The van der Waals surface area contributed by atoms with E-state index in [0.717, 1.165) is 29.7 Å². The zero-order chi connectivity index (χ0) is 19.0. The standard InChI is InChI=1S/C20H28N4O3/c1-14-22-15-4-2-3-5-16(15)24(14)13-19(26)23-9-6-20(7-10-23)17(25)12-18(20)27-11-8-21/h2-5,17-18,25H,6-13,21H2,1H3/t17-,18+/m0/s1. The normalized spacial score (nSPS) is 24.3. The summed E-state index contributed by atoms with van der Waals surface area (Å²) in [6, 6.07) is 7.89. The van der Waals surface area contributed by atoms with Crippen LogP contribution in [0, 0.1) is 12.3 Å². The molecule has 1 aliphatic heterocycles. The summed E-state index contributed by atoms with van der Waals surface area (Å²) < 4.78 is 7.81. The van der Waals surface area contributed by atoms with Crippen molar-refractivity contribution in [2.45, 2.75) is 44.9 Å². The van der Waals surface area contributed by atoms with Crippen molar-refractivity contribution in [2.75, 3.05) is 26.2 Å². The first-order valence-electron chi connectivity index (χ1n) is 9.74. The van der Waals surface area contributed by atoms with E-state index in [1.165, 1.54) is 0 Å². The minimum absolute atomic E-state index is 0.0631. The Hall–Kier alpha value is -1.96. The zero-order valence-electron chi connectivity index (χ0n) is 15.8. The van der Waals surface area contributed by atoms with Crippen LogP contribution in [0.4, 0.5) is 0 Å². The van der Waals surface area contributed by atoms with Crippen molar-refractivity contribution in [3.63, 3.8) is 0 Å². The average molecular weight is 372 g/mol. The van der Waals surface area contributed by atoms with Crippen LogP contribution in [-0.4, -0.2) is 63.9 Å². The van der Waals surface area contributed by atoms with Gasteiger partial charge in [0, 0.05) is 31.5 Å². The third kappa shape index (κ3) is 3.13. The first-order valence-corrected chi connectivity index (χ1v) is 9.74. The number of aromatic nitrogens is 2. The van der Waals surface area contributed by atoms with Crippen LogP contribution in [0.15, 0.2) is 24.3 Å².